The largest absolute Gasteiger partial charge is 0.350 e. The highest BCUT2D eigenvalue weighted by Crippen LogP contribution is 2.32. The molecule has 0 aromatic heterocycles. The van der Waals surface area contributed by atoms with E-state index in [1.54, 1.807) is 6.08 Å². The highest BCUT2D eigenvalue weighted by Gasteiger charge is 2.38. The van der Waals surface area contributed by atoms with Crippen LogP contribution in [0.5, 0.6) is 0 Å². The van der Waals surface area contributed by atoms with Gasteiger partial charge >= 0.3 is 0 Å². The normalized spacial score (nSPS) is 14.2. The second-order valence-electron chi connectivity index (χ2n) is 6.50. The quantitative estimate of drug-likeness (QED) is 0.658. The fraction of sp³-hybridized carbons (Fsp3) is 0.182. The van der Waals surface area contributed by atoms with E-state index in [0.717, 1.165) is 27.9 Å². The summed E-state index contributed by atoms with van der Waals surface area (Å²) in [6.07, 6.45) is 1.56. The first kappa shape index (κ1) is 17.7. The Labute approximate surface area is 153 Å². The SMILES string of the molecule is C=CCN1C(=O)C(Nc2ccccc2C)=C(c2ccc(C)c(C)c2)C1=O. The van der Waals surface area contributed by atoms with Crippen LogP contribution in [0.3, 0.4) is 0 Å². The summed E-state index contributed by atoms with van der Waals surface area (Å²) in [6.45, 7) is 9.82. The van der Waals surface area contributed by atoms with E-state index in [1.807, 2.05) is 63.2 Å². The van der Waals surface area contributed by atoms with Crippen molar-refractivity contribution in [2.24, 2.45) is 0 Å². The van der Waals surface area contributed by atoms with Gasteiger partial charge in [0.15, 0.2) is 0 Å². The standard InChI is InChI=1S/C22H22N2O2/c1-5-12-24-21(25)19(17-11-10-14(2)16(4)13-17)20(22(24)26)23-18-9-7-6-8-15(18)3/h5-11,13,23H,1,12H2,2-4H3. The van der Waals surface area contributed by atoms with E-state index in [4.69, 9.17) is 0 Å². The zero-order valence-electron chi connectivity index (χ0n) is 15.3. The molecule has 4 heteroatoms. The third-order valence-corrected chi connectivity index (χ3v) is 4.68. The molecular formula is C22H22N2O2. The molecule has 0 aliphatic carbocycles. The van der Waals surface area contributed by atoms with Gasteiger partial charge in [-0.1, -0.05) is 42.5 Å². The highest BCUT2D eigenvalue weighted by molar-refractivity contribution is 6.36. The molecule has 0 saturated heterocycles. The van der Waals surface area contributed by atoms with Crippen LogP contribution in [0.15, 0.2) is 60.8 Å². The molecule has 0 radical (unpaired) electrons. The number of hydrogen-bond acceptors (Lipinski definition) is 3. The van der Waals surface area contributed by atoms with Gasteiger partial charge < -0.3 is 5.32 Å². The molecule has 1 aliphatic rings. The van der Waals surface area contributed by atoms with Crippen molar-refractivity contribution in [3.05, 3.63) is 83.1 Å². The Morgan fingerprint density at radius 3 is 2.35 bits per heavy atom. The Hall–Kier alpha value is -3.14. The number of amides is 2. The van der Waals surface area contributed by atoms with Crippen LogP contribution in [0.4, 0.5) is 5.69 Å². The number of benzene rings is 2. The molecule has 1 heterocycles. The molecule has 2 amide bonds. The number of nitrogens with zero attached hydrogens (tertiary/aromatic N) is 1. The number of carbonyl (C=O) groups is 2. The van der Waals surface area contributed by atoms with Crippen molar-refractivity contribution in [2.45, 2.75) is 20.8 Å². The van der Waals surface area contributed by atoms with Crippen molar-refractivity contribution >= 4 is 23.1 Å². The number of aryl methyl sites for hydroxylation is 3. The van der Waals surface area contributed by atoms with Gasteiger partial charge in [0.05, 0.1) is 5.57 Å². The van der Waals surface area contributed by atoms with Crippen molar-refractivity contribution in [3.8, 4) is 0 Å². The molecule has 0 unspecified atom stereocenters. The second kappa shape index (κ2) is 7.00. The zero-order valence-corrected chi connectivity index (χ0v) is 15.3. The average molecular weight is 346 g/mol. The second-order valence-corrected chi connectivity index (χ2v) is 6.50. The first-order valence-electron chi connectivity index (χ1n) is 8.55. The predicted octanol–water partition coefficient (Wildman–Crippen LogP) is 3.99. The Bertz CT molecular complexity index is 941. The third-order valence-electron chi connectivity index (χ3n) is 4.68. The van der Waals surface area contributed by atoms with Crippen molar-refractivity contribution in [1.82, 2.24) is 4.90 Å². The van der Waals surface area contributed by atoms with Crippen LogP contribution >= 0.6 is 0 Å². The number of anilines is 1. The number of rotatable bonds is 5. The molecule has 132 valence electrons. The Balaban J connectivity index is 2.14. The molecule has 26 heavy (non-hydrogen) atoms. The van der Waals surface area contributed by atoms with E-state index in [0.29, 0.717) is 11.3 Å². The minimum absolute atomic E-state index is 0.185. The van der Waals surface area contributed by atoms with Gasteiger partial charge in [-0.2, -0.15) is 0 Å². The monoisotopic (exact) mass is 346 g/mol. The lowest BCUT2D eigenvalue weighted by molar-refractivity contribution is -0.136. The lowest BCUT2D eigenvalue weighted by atomic mass is 9.99. The summed E-state index contributed by atoms with van der Waals surface area (Å²) >= 11 is 0. The van der Waals surface area contributed by atoms with Crippen LogP contribution in [0.1, 0.15) is 22.3 Å². The molecule has 2 aromatic carbocycles. The fourth-order valence-electron chi connectivity index (χ4n) is 3.00. The Morgan fingerprint density at radius 2 is 1.69 bits per heavy atom. The molecule has 3 rings (SSSR count). The van der Waals surface area contributed by atoms with Gasteiger partial charge in [-0.15, -0.1) is 6.58 Å². The molecule has 0 atom stereocenters. The average Bonchev–Trinajstić information content (AvgIpc) is 2.84. The lowest BCUT2D eigenvalue weighted by Gasteiger charge is -2.13. The van der Waals surface area contributed by atoms with Crippen LogP contribution in [-0.2, 0) is 9.59 Å². The van der Waals surface area contributed by atoms with Crippen LogP contribution < -0.4 is 5.32 Å². The molecule has 0 saturated carbocycles. The van der Waals surface area contributed by atoms with Crippen LogP contribution in [-0.4, -0.2) is 23.3 Å². The summed E-state index contributed by atoms with van der Waals surface area (Å²) in [5.41, 5.74) is 5.49. The maximum Gasteiger partial charge on any atom is 0.278 e. The topological polar surface area (TPSA) is 49.4 Å². The van der Waals surface area contributed by atoms with Gasteiger partial charge in [-0.05, 0) is 49.1 Å². The molecule has 2 aromatic rings. The summed E-state index contributed by atoms with van der Waals surface area (Å²) in [6, 6.07) is 13.5. The number of nitrogens with one attached hydrogen (secondary N) is 1. The first-order valence-corrected chi connectivity index (χ1v) is 8.55. The lowest BCUT2D eigenvalue weighted by Crippen LogP contribution is -2.32. The third kappa shape index (κ3) is 3.06. The van der Waals surface area contributed by atoms with Crippen molar-refractivity contribution in [2.75, 3.05) is 11.9 Å². The zero-order chi connectivity index (χ0) is 18.8. The van der Waals surface area contributed by atoms with Crippen LogP contribution in [0.2, 0.25) is 0 Å². The molecule has 4 nitrogen and oxygen atoms in total. The van der Waals surface area contributed by atoms with E-state index >= 15 is 0 Å². The predicted molar refractivity (Wildman–Crippen MR) is 105 cm³/mol. The van der Waals surface area contributed by atoms with Gasteiger partial charge in [0.1, 0.15) is 5.70 Å². The van der Waals surface area contributed by atoms with Crippen LogP contribution in [0.25, 0.3) is 5.57 Å². The Morgan fingerprint density at radius 1 is 0.962 bits per heavy atom. The van der Waals surface area contributed by atoms with Gasteiger partial charge in [-0.25, -0.2) is 0 Å². The molecule has 0 fully saturated rings. The maximum absolute atomic E-state index is 12.9. The van der Waals surface area contributed by atoms with Crippen molar-refractivity contribution < 1.29 is 9.59 Å². The summed E-state index contributed by atoms with van der Waals surface area (Å²) in [5, 5.41) is 3.19. The summed E-state index contributed by atoms with van der Waals surface area (Å²) in [5.74, 6) is -0.624. The molecule has 0 spiro atoms. The Kier molecular flexibility index (Phi) is 4.76. The maximum atomic E-state index is 12.9. The molecular weight excluding hydrogens is 324 g/mol. The fourth-order valence-corrected chi connectivity index (χ4v) is 3.00. The highest BCUT2D eigenvalue weighted by atomic mass is 16.2. The van der Waals surface area contributed by atoms with Gasteiger partial charge in [0.25, 0.3) is 11.8 Å². The first-order chi connectivity index (χ1) is 12.4. The number of hydrogen-bond donors (Lipinski definition) is 1. The van der Waals surface area contributed by atoms with Gasteiger partial charge in [0, 0.05) is 12.2 Å². The van der Waals surface area contributed by atoms with Crippen LogP contribution in [0, 0.1) is 20.8 Å². The van der Waals surface area contributed by atoms with E-state index in [9.17, 15) is 9.59 Å². The van der Waals surface area contributed by atoms with Gasteiger partial charge in [-0.3, -0.25) is 14.5 Å². The van der Waals surface area contributed by atoms with E-state index < -0.39 is 0 Å². The van der Waals surface area contributed by atoms with Crippen molar-refractivity contribution in [1.29, 1.82) is 0 Å². The number of para-hydroxylation sites is 1. The minimum atomic E-state index is -0.327. The van der Waals surface area contributed by atoms with E-state index in [1.165, 1.54) is 4.90 Å². The molecule has 0 bridgehead atoms. The number of imide groups is 1. The smallest absolute Gasteiger partial charge is 0.278 e. The molecule has 1 aliphatic heterocycles. The summed E-state index contributed by atoms with van der Waals surface area (Å²) < 4.78 is 0. The van der Waals surface area contributed by atoms with E-state index in [-0.39, 0.29) is 18.4 Å². The van der Waals surface area contributed by atoms with Gasteiger partial charge in [0.2, 0.25) is 0 Å². The summed E-state index contributed by atoms with van der Waals surface area (Å²) in [7, 11) is 0. The van der Waals surface area contributed by atoms with Crippen molar-refractivity contribution in [3.63, 3.8) is 0 Å². The number of carbonyl (C=O) groups excluding carboxylic acids is 2. The molecule has 1 N–H and O–H groups in total. The van der Waals surface area contributed by atoms with E-state index in [2.05, 4.69) is 11.9 Å². The summed E-state index contributed by atoms with van der Waals surface area (Å²) in [4.78, 5) is 27.1. The minimum Gasteiger partial charge on any atom is -0.350 e.